The Balaban J connectivity index is 1.68. The highest BCUT2D eigenvalue weighted by atomic mass is 14.7. The molecule has 0 saturated carbocycles. The second-order valence-corrected chi connectivity index (χ2v) is 5.40. The van der Waals surface area contributed by atoms with Crippen molar-refractivity contribution in [2.75, 3.05) is 0 Å². The van der Waals surface area contributed by atoms with Crippen molar-refractivity contribution in [3.05, 3.63) is 78.0 Å². The zero-order valence-corrected chi connectivity index (χ0v) is 12.1. The first-order valence-electron chi connectivity index (χ1n) is 7.48. The maximum absolute atomic E-state index is 6.40. The van der Waals surface area contributed by atoms with Crippen LogP contribution in [0.4, 0.5) is 0 Å². The first-order valence-corrected chi connectivity index (χ1v) is 7.48. The lowest BCUT2D eigenvalue weighted by molar-refractivity contribution is 0.615. The van der Waals surface area contributed by atoms with E-state index < -0.39 is 0 Å². The lowest BCUT2D eigenvalue weighted by atomic mass is 9.96. The maximum atomic E-state index is 6.40. The fourth-order valence-corrected chi connectivity index (χ4v) is 2.78. The van der Waals surface area contributed by atoms with Gasteiger partial charge in [-0.05, 0) is 42.5 Å². The van der Waals surface area contributed by atoms with Crippen LogP contribution in [0.2, 0.25) is 0 Å². The van der Waals surface area contributed by atoms with E-state index in [9.17, 15) is 0 Å². The SMILES string of the molecule is NC(CCCc1ccccc1)c1cccc2ncccc12. The second kappa shape index (κ2) is 6.51. The Morgan fingerprint density at radius 2 is 1.76 bits per heavy atom. The van der Waals surface area contributed by atoms with Gasteiger partial charge in [-0.15, -0.1) is 0 Å². The normalized spacial score (nSPS) is 12.4. The van der Waals surface area contributed by atoms with Gasteiger partial charge in [0.05, 0.1) is 5.52 Å². The molecule has 1 heterocycles. The summed E-state index contributed by atoms with van der Waals surface area (Å²) in [5.74, 6) is 0. The zero-order valence-electron chi connectivity index (χ0n) is 12.1. The molecule has 21 heavy (non-hydrogen) atoms. The van der Waals surface area contributed by atoms with Gasteiger partial charge >= 0.3 is 0 Å². The molecule has 1 aromatic heterocycles. The van der Waals surface area contributed by atoms with E-state index >= 15 is 0 Å². The monoisotopic (exact) mass is 276 g/mol. The molecule has 0 aliphatic rings. The summed E-state index contributed by atoms with van der Waals surface area (Å²) in [7, 11) is 0. The molecule has 2 aromatic carbocycles. The fourth-order valence-electron chi connectivity index (χ4n) is 2.78. The average molecular weight is 276 g/mol. The molecule has 2 nitrogen and oxygen atoms in total. The van der Waals surface area contributed by atoms with Crippen molar-refractivity contribution in [2.45, 2.75) is 25.3 Å². The standard InChI is InChI=1S/C19H20N2/c20-18(12-4-9-15-7-2-1-3-8-15)16-10-5-13-19-17(16)11-6-14-21-19/h1-3,5-8,10-11,13-14,18H,4,9,12,20H2. The highest BCUT2D eigenvalue weighted by Crippen LogP contribution is 2.24. The molecule has 3 rings (SSSR count). The number of aromatic nitrogens is 1. The van der Waals surface area contributed by atoms with E-state index in [1.165, 1.54) is 16.5 Å². The van der Waals surface area contributed by atoms with Crippen LogP contribution < -0.4 is 5.73 Å². The van der Waals surface area contributed by atoms with Crippen LogP contribution in [-0.4, -0.2) is 4.98 Å². The molecular formula is C19H20N2. The van der Waals surface area contributed by atoms with Crippen LogP contribution in [-0.2, 0) is 6.42 Å². The molecule has 106 valence electrons. The number of hydrogen-bond donors (Lipinski definition) is 1. The quantitative estimate of drug-likeness (QED) is 0.756. The van der Waals surface area contributed by atoms with Gasteiger partial charge in [0.2, 0.25) is 0 Å². The molecule has 0 fully saturated rings. The first-order chi connectivity index (χ1) is 10.3. The molecule has 0 spiro atoms. The lowest BCUT2D eigenvalue weighted by Crippen LogP contribution is -2.11. The number of hydrogen-bond acceptors (Lipinski definition) is 2. The Kier molecular flexibility index (Phi) is 4.27. The molecule has 0 radical (unpaired) electrons. The Bertz CT molecular complexity index is 702. The van der Waals surface area contributed by atoms with E-state index in [1.54, 1.807) is 0 Å². The Morgan fingerprint density at radius 1 is 0.905 bits per heavy atom. The third-order valence-electron chi connectivity index (χ3n) is 3.90. The predicted octanol–water partition coefficient (Wildman–Crippen LogP) is 4.26. The molecule has 1 unspecified atom stereocenters. The van der Waals surface area contributed by atoms with Crippen molar-refractivity contribution in [2.24, 2.45) is 5.73 Å². The fraction of sp³-hybridized carbons (Fsp3) is 0.211. The molecule has 0 aliphatic carbocycles. The summed E-state index contributed by atoms with van der Waals surface area (Å²) in [6, 6.07) is 20.9. The van der Waals surface area contributed by atoms with Gasteiger partial charge in [0.25, 0.3) is 0 Å². The van der Waals surface area contributed by atoms with E-state index in [4.69, 9.17) is 5.73 Å². The van der Waals surface area contributed by atoms with Crippen molar-refractivity contribution in [3.8, 4) is 0 Å². The van der Waals surface area contributed by atoms with Crippen LogP contribution in [0.3, 0.4) is 0 Å². The molecule has 2 heteroatoms. The Morgan fingerprint density at radius 3 is 2.62 bits per heavy atom. The largest absolute Gasteiger partial charge is 0.324 e. The minimum absolute atomic E-state index is 0.0709. The van der Waals surface area contributed by atoms with Crippen molar-refractivity contribution in [1.29, 1.82) is 0 Å². The number of pyridine rings is 1. The number of fused-ring (bicyclic) bond motifs is 1. The lowest BCUT2D eigenvalue weighted by Gasteiger charge is -2.14. The molecular weight excluding hydrogens is 256 g/mol. The number of nitrogens with zero attached hydrogens (tertiary/aromatic N) is 1. The summed E-state index contributed by atoms with van der Waals surface area (Å²) >= 11 is 0. The topological polar surface area (TPSA) is 38.9 Å². The van der Waals surface area contributed by atoms with Crippen LogP contribution >= 0.6 is 0 Å². The van der Waals surface area contributed by atoms with Gasteiger partial charge in [-0.3, -0.25) is 4.98 Å². The van der Waals surface area contributed by atoms with E-state index in [0.29, 0.717) is 0 Å². The summed E-state index contributed by atoms with van der Waals surface area (Å²) < 4.78 is 0. The van der Waals surface area contributed by atoms with E-state index in [1.807, 2.05) is 24.4 Å². The number of aryl methyl sites for hydroxylation is 1. The van der Waals surface area contributed by atoms with Crippen molar-refractivity contribution < 1.29 is 0 Å². The van der Waals surface area contributed by atoms with E-state index in [0.717, 1.165) is 24.8 Å². The van der Waals surface area contributed by atoms with Gasteiger partial charge in [-0.25, -0.2) is 0 Å². The van der Waals surface area contributed by atoms with Crippen LogP contribution in [0, 0.1) is 0 Å². The molecule has 0 amide bonds. The molecule has 0 saturated heterocycles. The minimum Gasteiger partial charge on any atom is -0.324 e. The average Bonchev–Trinajstić information content (AvgIpc) is 2.55. The van der Waals surface area contributed by atoms with E-state index in [2.05, 4.69) is 47.4 Å². The van der Waals surface area contributed by atoms with Gasteiger partial charge < -0.3 is 5.73 Å². The Hall–Kier alpha value is -2.19. The van der Waals surface area contributed by atoms with Crippen molar-refractivity contribution in [1.82, 2.24) is 4.98 Å². The zero-order chi connectivity index (χ0) is 14.5. The van der Waals surface area contributed by atoms with Gasteiger partial charge in [0, 0.05) is 17.6 Å². The van der Waals surface area contributed by atoms with E-state index in [-0.39, 0.29) is 6.04 Å². The Labute approximate surface area is 125 Å². The maximum Gasteiger partial charge on any atom is 0.0705 e. The number of rotatable bonds is 5. The van der Waals surface area contributed by atoms with Crippen LogP contribution in [0.15, 0.2) is 66.9 Å². The van der Waals surface area contributed by atoms with Gasteiger partial charge in [0.1, 0.15) is 0 Å². The van der Waals surface area contributed by atoms with Crippen molar-refractivity contribution in [3.63, 3.8) is 0 Å². The molecule has 1 atom stereocenters. The molecule has 2 N–H and O–H groups in total. The molecule has 0 aliphatic heterocycles. The van der Waals surface area contributed by atoms with Crippen molar-refractivity contribution >= 4 is 10.9 Å². The van der Waals surface area contributed by atoms with Gasteiger partial charge in [-0.2, -0.15) is 0 Å². The molecule has 0 bridgehead atoms. The van der Waals surface area contributed by atoms with Crippen LogP contribution in [0.25, 0.3) is 10.9 Å². The van der Waals surface area contributed by atoms with Crippen LogP contribution in [0.5, 0.6) is 0 Å². The summed E-state index contributed by atoms with van der Waals surface area (Å²) in [6.07, 6.45) is 5.00. The van der Waals surface area contributed by atoms with Gasteiger partial charge in [0.15, 0.2) is 0 Å². The molecule has 3 aromatic rings. The number of nitrogens with two attached hydrogens (primary N) is 1. The highest BCUT2D eigenvalue weighted by Gasteiger charge is 2.09. The summed E-state index contributed by atoms with van der Waals surface area (Å²) in [4.78, 5) is 4.40. The highest BCUT2D eigenvalue weighted by molar-refractivity contribution is 5.82. The predicted molar refractivity (Wildman–Crippen MR) is 88.1 cm³/mol. The third kappa shape index (κ3) is 3.29. The second-order valence-electron chi connectivity index (χ2n) is 5.40. The van der Waals surface area contributed by atoms with Crippen LogP contribution in [0.1, 0.15) is 30.0 Å². The smallest absolute Gasteiger partial charge is 0.0705 e. The summed E-state index contributed by atoms with van der Waals surface area (Å²) in [5, 5.41) is 1.17. The number of benzene rings is 2. The minimum atomic E-state index is 0.0709. The third-order valence-corrected chi connectivity index (χ3v) is 3.90. The van der Waals surface area contributed by atoms with Gasteiger partial charge in [-0.1, -0.05) is 48.5 Å². The first kappa shape index (κ1) is 13.8. The summed E-state index contributed by atoms with van der Waals surface area (Å²) in [6.45, 7) is 0. The summed E-state index contributed by atoms with van der Waals surface area (Å²) in [5.41, 5.74) is 10.0.